The first kappa shape index (κ1) is 11.2. The minimum absolute atomic E-state index is 0. The summed E-state index contributed by atoms with van der Waals surface area (Å²) in [5.74, 6) is 0. The van der Waals surface area contributed by atoms with Crippen LogP contribution in [0, 0.1) is 0 Å². The molecule has 1 aliphatic heterocycles. The van der Waals surface area contributed by atoms with Gasteiger partial charge in [0.15, 0.2) is 0 Å². The summed E-state index contributed by atoms with van der Waals surface area (Å²) in [4.78, 5) is 0. The summed E-state index contributed by atoms with van der Waals surface area (Å²) in [5.41, 5.74) is 0. The van der Waals surface area contributed by atoms with E-state index >= 15 is 0 Å². The maximum absolute atomic E-state index is 4.94. The third-order valence-electron chi connectivity index (χ3n) is 0.744. The maximum Gasteiger partial charge on any atom is 0.0701 e. The molecule has 0 spiro atoms. The first-order valence-corrected chi connectivity index (χ1v) is 2.15. The molecule has 52 valence electrons. The van der Waals surface area contributed by atoms with E-state index in [1.54, 1.807) is 0 Å². The van der Waals surface area contributed by atoms with Gasteiger partial charge in [0.1, 0.15) is 0 Å². The zero-order chi connectivity index (χ0) is 4.24. The molecule has 0 unspecified atom stereocenters. The zero-order valence-corrected chi connectivity index (χ0v) is 6.27. The lowest BCUT2D eigenvalue weighted by atomic mass is 10.6. The van der Waals surface area contributed by atoms with E-state index < -0.39 is 0 Å². The Balaban J connectivity index is 0. The number of hydrogen-bond donors (Lipinski definition) is 0. The van der Waals surface area contributed by atoms with Crippen molar-refractivity contribution < 1.29 is 14.9 Å². The number of rotatable bonds is 0. The molecule has 0 bridgehead atoms. The van der Waals surface area contributed by atoms with Crippen molar-refractivity contribution in [1.82, 2.24) is 0 Å². The lowest BCUT2D eigenvalue weighted by Gasteiger charge is -2.09. The third-order valence-corrected chi connectivity index (χ3v) is 0.744. The lowest BCUT2D eigenvalue weighted by Crippen LogP contribution is -2.16. The van der Waals surface area contributed by atoms with E-state index in [0.717, 1.165) is 26.4 Å². The second kappa shape index (κ2) is 7.36. The standard InChI is InChI=1S/C4H8O2.BrH.H2O/c1-2-6-4-3-5-1;;/h1-4H2;1H;1H2. The van der Waals surface area contributed by atoms with E-state index in [-0.39, 0.29) is 22.5 Å². The quantitative estimate of drug-likeness (QED) is 0.526. The molecule has 3 nitrogen and oxygen atoms in total. The topological polar surface area (TPSA) is 50.0 Å². The van der Waals surface area contributed by atoms with E-state index in [4.69, 9.17) is 9.47 Å². The lowest BCUT2D eigenvalue weighted by molar-refractivity contribution is -0.0334. The summed E-state index contributed by atoms with van der Waals surface area (Å²) in [6, 6.07) is 0. The molecule has 8 heavy (non-hydrogen) atoms. The minimum atomic E-state index is 0. The average Bonchev–Trinajstić information content (AvgIpc) is 1.72. The van der Waals surface area contributed by atoms with E-state index in [1.807, 2.05) is 0 Å². The highest BCUT2D eigenvalue weighted by Gasteiger charge is 1.94. The molecule has 0 aromatic heterocycles. The average molecular weight is 187 g/mol. The first-order valence-electron chi connectivity index (χ1n) is 2.15. The Morgan fingerprint density at radius 2 is 1.00 bits per heavy atom. The van der Waals surface area contributed by atoms with Crippen LogP contribution >= 0.6 is 17.0 Å². The molecule has 4 heteroatoms. The molecule has 1 rings (SSSR count). The van der Waals surface area contributed by atoms with Crippen molar-refractivity contribution in [3.63, 3.8) is 0 Å². The van der Waals surface area contributed by atoms with E-state index in [9.17, 15) is 0 Å². The Morgan fingerprint density at radius 3 is 1.12 bits per heavy atom. The zero-order valence-electron chi connectivity index (χ0n) is 4.55. The van der Waals surface area contributed by atoms with Crippen LogP contribution in [0.4, 0.5) is 0 Å². The largest absolute Gasteiger partial charge is 0.412 e. The van der Waals surface area contributed by atoms with Gasteiger partial charge in [-0.05, 0) is 0 Å². The van der Waals surface area contributed by atoms with Crippen LogP contribution in [-0.2, 0) is 9.47 Å². The molecule has 0 atom stereocenters. The normalized spacial score (nSPS) is 18.0. The summed E-state index contributed by atoms with van der Waals surface area (Å²) < 4.78 is 9.89. The molecule has 0 amide bonds. The smallest absolute Gasteiger partial charge is 0.0701 e. The fourth-order valence-corrected chi connectivity index (χ4v) is 0.440. The van der Waals surface area contributed by atoms with Crippen LogP contribution in [0.1, 0.15) is 0 Å². The van der Waals surface area contributed by atoms with Crippen LogP contribution in [-0.4, -0.2) is 31.9 Å². The predicted molar refractivity (Wildman–Crippen MR) is 35.6 cm³/mol. The van der Waals surface area contributed by atoms with Crippen molar-refractivity contribution in [1.29, 1.82) is 0 Å². The van der Waals surface area contributed by atoms with E-state index in [1.165, 1.54) is 0 Å². The Morgan fingerprint density at radius 1 is 0.750 bits per heavy atom. The molecule has 1 aliphatic rings. The SMILES string of the molecule is Br.C1COCCO1.O. The Bertz CT molecular complexity index is 26.8. The highest BCUT2D eigenvalue weighted by Crippen LogP contribution is 1.85. The molecule has 1 saturated heterocycles. The maximum atomic E-state index is 4.94. The Labute approximate surface area is 59.0 Å². The minimum Gasteiger partial charge on any atom is -0.412 e. The van der Waals surface area contributed by atoms with Crippen LogP contribution < -0.4 is 0 Å². The van der Waals surface area contributed by atoms with Crippen molar-refractivity contribution in [2.24, 2.45) is 0 Å². The molecule has 2 N–H and O–H groups in total. The van der Waals surface area contributed by atoms with Gasteiger partial charge in [0.05, 0.1) is 26.4 Å². The molecular weight excluding hydrogens is 176 g/mol. The molecule has 0 aromatic rings. The summed E-state index contributed by atoms with van der Waals surface area (Å²) in [6.45, 7) is 3.11. The van der Waals surface area contributed by atoms with Crippen LogP contribution in [0.3, 0.4) is 0 Å². The molecule has 0 aromatic carbocycles. The fraction of sp³-hybridized carbons (Fsp3) is 1.00. The van der Waals surface area contributed by atoms with Crippen molar-refractivity contribution in [3.05, 3.63) is 0 Å². The third kappa shape index (κ3) is 4.52. The monoisotopic (exact) mass is 186 g/mol. The van der Waals surface area contributed by atoms with Gasteiger partial charge in [-0.1, -0.05) is 0 Å². The van der Waals surface area contributed by atoms with Crippen LogP contribution in [0.15, 0.2) is 0 Å². The molecule has 0 aliphatic carbocycles. The van der Waals surface area contributed by atoms with Crippen LogP contribution in [0.25, 0.3) is 0 Å². The van der Waals surface area contributed by atoms with Gasteiger partial charge in [0.25, 0.3) is 0 Å². The summed E-state index contributed by atoms with van der Waals surface area (Å²) >= 11 is 0. The van der Waals surface area contributed by atoms with Crippen molar-refractivity contribution in [2.75, 3.05) is 26.4 Å². The fourth-order valence-electron chi connectivity index (χ4n) is 0.440. The molecule has 1 fully saturated rings. The van der Waals surface area contributed by atoms with Crippen LogP contribution in [0.5, 0.6) is 0 Å². The second-order valence-corrected chi connectivity index (χ2v) is 1.22. The predicted octanol–water partition coefficient (Wildman–Crippen LogP) is -0.214. The van der Waals surface area contributed by atoms with Gasteiger partial charge in [-0.15, -0.1) is 17.0 Å². The Hall–Kier alpha value is 0.360. The number of ether oxygens (including phenoxy) is 2. The second-order valence-electron chi connectivity index (χ2n) is 1.22. The van der Waals surface area contributed by atoms with Crippen molar-refractivity contribution in [3.8, 4) is 0 Å². The van der Waals surface area contributed by atoms with Crippen molar-refractivity contribution in [2.45, 2.75) is 0 Å². The molecule has 1 heterocycles. The first-order chi connectivity index (χ1) is 3.00. The van der Waals surface area contributed by atoms with E-state index in [0.29, 0.717) is 0 Å². The van der Waals surface area contributed by atoms with Gasteiger partial charge in [0.2, 0.25) is 0 Å². The van der Waals surface area contributed by atoms with Gasteiger partial charge in [-0.2, -0.15) is 0 Å². The highest BCUT2D eigenvalue weighted by molar-refractivity contribution is 8.93. The van der Waals surface area contributed by atoms with Gasteiger partial charge in [-0.3, -0.25) is 0 Å². The summed E-state index contributed by atoms with van der Waals surface area (Å²) in [7, 11) is 0. The van der Waals surface area contributed by atoms with Gasteiger partial charge >= 0.3 is 0 Å². The van der Waals surface area contributed by atoms with E-state index in [2.05, 4.69) is 0 Å². The van der Waals surface area contributed by atoms with Crippen molar-refractivity contribution >= 4 is 17.0 Å². The van der Waals surface area contributed by atoms with Gasteiger partial charge in [0, 0.05) is 0 Å². The van der Waals surface area contributed by atoms with Crippen LogP contribution in [0.2, 0.25) is 0 Å². The van der Waals surface area contributed by atoms with Gasteiger partial charge in [-0.25, -0.2) is 0 Å². The molecule has 0 radical (unpaired) electrons. The summed E-state index contributed by atoms with van der Waals surface area (Å²) in [5, 5.41) is 0. The number of hydrogen-bond acceptors (Lipinski definition) is 2. The summed E-state index contributed by atoms with van der Waals surface area (Å²) in [6.07, 6.45) is 0. The number of halogens is 1. The molecular formula is C4H11BrO3. The highest BCUT2D eigenvalue weighted by atomic mass is 79.9. The Kier molecular flexibility index (Phi) is 10.3. The van der Waals surface area contributed by atoms with Gasteiger partial charge < -0.3 is 14.9 Å². The molecule has 0 saturated carbocycles.